The SMILES string of the molecule is Oc1cc(-c2cnn(CC3CCOCC3)c2)ccc1F. The number of aromatic nitrogens is 2. The second kappa shape index (κ2) is 5.63. The Bertz CT molecular complexity index is 591. The van der Waals surface area contributed by atoms with Crippen molar-refractivity contribution in [2.45, 2.75) is 19.4 Å². The molecule has 1 aliphatic heterocycles. The third kappa shape index (κ3) is 2.82. The molecule has 5 heteroatoms. The van der Waals surface area contributed by atoms with Crippen LogP contribution in [0, 0.1) is 11.7 Å². The van der Waals surface area contributed by atoms with Crippen molar-refractivity contribution in [1.29, 1.82) is 0 Å². The molecule has 2 heterocycles. The van der Waals surface area contributed by atoms with Crippen LogP contribution in [-0.2, 0) is 11.3 Å². The zero-order valence-electron chi connectivity index (χ0n) is 11.1. The molecule has 1 aromatic heterocycles. The predicted octanol–water partition coefficient (Wildman–Crippen LogP) is 2.82. The standard InChI is InChI=1S/C15H17FN2O2/c16-14-2-1-12(7-15(14)19)13-8-17-18(10-13)9-11-3-5-20-6-4-11/h1-2,7-8,10-11,19H,3-6,9H2. The van der Waals surface area contributed by atoms with Gasteiger partial charge in [-0.25, -0.2) is 4.39 Å². The highest BCUT2D eigenvalue weighted by atomic mass is 19.1. The fourth-order valence-corrected chi connectivity index (χ4v) is 2.50. The Balaban J connectivity index is 1.73. The van der Waals surface area contributed by atoms with E-state index >= 15 is 0 Å². The second-order valence-electron chi connectivity index (χ2n) is 5.17. The van der Waals surface area contributed by atoms with Gasteiger partial charge in [0.1, 0.15) is 0 Å². The van der Waals surface area contributed by atoms with Crippen LogP contribution in [0.15, 0.2) is 30.6 Å². The van der Waals surface area contributed by atoms with Crippen LogP contribution in [0.1, 0.15) is 12.8 Å². The van der Waals surface area contributed by atoms with E-state index < -0.39 is 5.82 Å². The molecular weight excluding hydrogens is 259 g/mol. The van der Waals surface area contributed by atoms with Gasteiger partial charge >= 0.3 is 0 Å². The minimum absolute atomic E-state index is 0.334. The number of rotatable bonds is 3. The van der Waals surface area contributed by atoms with Crippen LogP contribution in [0.2, 0.25) is 0 Å². The summed E-state index contributed by atoms with van der Waals surface area (Å²) in [4.78, 5) is 0. The first kappa shape index (κ1) is 13.1. The molecule has 0 saturated carbocycles. The third-order valence-electron chi connectivity index (χ3n) is 3.70. The summed E-state index contributed by atoms with van der Waals surface area (Å²) in [5.74, 6) is -0.346. The minimum Gasteiger partial charge on any atom is -0.505 e. The summed E-state index contributed by atoms with van der Waals surface area (Å²) in [5, 5.41) is 13.8. The van der Waals surface area contributed by atoms with Crippen molar-refractivity contribution < 1.29 is 14.2 Å². The van der Waals surface area contributed by atoms with Crippen molar-refractivity contribution >= 4 is 0 Å². The van der Waals surface area contributed by atoms with Gasteiger partial charge < -0.3 is 9.84 Å². The number of ether oxygens (including phenoxy) is 1. The number of nitrogens with zero attached hydrogens (tertiary/aromatic N) is 2. The Morgan fingerprint density at radius 3 is 2.85 bits per heavy atom. The summed E-state index contributed by atoms with van der Waals surface area (Å²) in [6, 6.07) is 4.33. The van der Waals surface area contributed by atoms with Crippen molar-refractivity contribution in [3.63, 3.8) is 0 Å². The molecule has 1 aliphatic rings. The Kier molecular flexibility index (Phi) is 3.69. The number of hydrogen-bond donors (Lipinski definition) is 1. The molecule has 4 nitrogen and oxygen atoms in total. The number of phenolic OH excluding ortho intramolecular Hbond substituents is 1. The highest BCUT2D eigenvalue weighted by Crippen LogP contribution is 2.25. The molecule has 0 amide bonds. The molecule has 0 radical (unpaired) electrons. The van der Waals surface area contributed by atoms with Crippen molar-refractivity contribution in [2.24, 2.45) is 5.92 Å². The smallest absolute Gasteiger partial charge is 0.164 e. The Morgan fingerprint density at radius 2 is 2.10 bits per heavy atom. The van der Waals surface area contributed by atoms with E-state index in [9.17, 15) is 9.50 Å². The number of aromatic hydroxyl groups is 1. The first-order valence-electron chi connectivity index (χ1n) is 6.81. The van der Waals surface area contributed by atoms with Crippen molar-refractivity contribution in [1.82, 2.24) is 9.78 Å². The topological polar surface area (TPSA) is 47.3 Å². The molecule has 0 spiro atoms. The summed E-state index contributed by atoms with van der Waals surface area (Å²) >= 11 is 0. The van der Waals surface area contributed by atoms with Crippen molar-refractivity contribution in [3.05, 3.63) is 36.4 Å². The van der Waals surface area contributed by atoms with Crippen LogP contribution < -0.4 is 0 Å². The molecule has 0 atom stereocenters. The molecule has 2 aromatic rings. The fraction of sp³-hybridized carbons (Fsp3) is 0.400. The molecule has 0 aliphatic carbocycles. The fourth-order valence-electron chi connectivity index (χ4n) is 2.50. The minimum atomic E-state index is -0.608. The van der Waals surface area contributed by atoms with Crippen molar-refractivity contribution in [2.75, 3.05) is 13.2 Å². The molecular formula is C15H17FN2O2. The summed E-state index contributed by atoms with van der Waals surface area (Å²) in [6.45, 7) is 2.52. The summed E-state index contributed by atoms with van der Waals surface area (Å²) in [7, 11) is 0. The molecule has 1 fully saturated rings. The van der Waals surface area contributed by atoms with E-state index in [0.717, 1.165) is 43.7 Å². The molecule has 0 bridgehead atoms. The summed E-state index contributed by atoms with van der Waals surface area (Å²) < 4.78 is 20.3. The number of halogens is 1. The Labute approximate surface area is 116 Å². The van der Waals surface area contributed by atoms with Crippen LogP contribution in [0.3, 0.4) is 0 Å². The van der Waals surface area contributed by atoms with E-state index in [-0.39, 0.29) is 5.75 Å². The van der Waals surface area contributed by atoms with E-state index in [0.29, 0.717) is 5.92 Å². The van der Waals surface area contributed by atoms with Crippen LogP contribution in [0.4, 0.5) is 4.39 Å². The number of benzene rings is 1. The maximum Gasteiger partial charge on any atom is 0.164 e. The van der Waals surface area contributed by atoms with E-state index in [1.807, 2.05) is 10.9 Å². The lowest BCUT2D eigenvalue weighted by molar-refractivity contribution is 0.0601. The zero-order chi connectivity index (χ0) is 13.9. The lowest BCUT2D eigenvalue weighted by Gasteiger charge is -2.21. The first-order valence-corrected chi connectivity index (χ1v) is 6.81. The highest BCUT2D eigenvalue weighted by molar-refractivity contribution is 5.63. The average Bonchev–Trinajstić information content (AvgIpc) is 2.91. The third-order valence-corrected chi connectivity index (χ3v) is 3.70. The van der Waals surface area contributed by atoms with Crippen molar-refractivity contribution in [3.8, 4) is 16.9 Å². The summed E-state index contributed by atoms with van der Waals surface area (Å²) in [6.07, 6.45) is 5.80. The van der Waals surface area contributed by atoms with Gasteiger partial charge in [0.15, 0.2) is 11.6 Å². The molecule has 1 aromatic carbocycles. The molecule has 1 N–H and O–H groups in total. The lowest BCUT2D eigenvalue weighted by Crippen LogP contribution is -2.20. The highest BCUT2D eigenvalue weighted by Gasteiger charge is 2.15. The largest absolute Gasteiger partial charge is 0.505 e. The second-order valence-corrected chi connectivity index (χ2v) is 5.17. The Morgan fingerprint density at radius 1 is 1.30 bits per heavy atom. The first-order chi connectivity index (χ1) is 9.72. The maximum absolute atomic E-state index is 13.0. The van der Waals surface area contributed by atoms with Gasteiger partial charge in [-0.2, -0.15) is 5.10 Å². The van der Waals surface area contributed by atoms with Crippen LogP contribution in [0.5, 0.6) is 5.75 Å². The van der Waals surface area contributed by atoms with Gasteiger partial charge in [0.2, 0.25) is 0 Å². The summed E-state index contributed by atoms with van der Waals surface area (Å²) in [5.41, 5.74) is 1.65. The van der Waals surface area contributed by atoms with Gasteiger partial charge in [-0.3, -0.25) is 4.68 Å². The normalized spacial score (nSPS) is 16.4. The monoisotopic (exact) mass is 276 g/mol. The number of hydrogen-bond acceptors (Lipinski definition) is 3. The Hall–Kier alpha value is -1.88. The zero-order valence-corrected chi connectivity index (χ0v) is 11.1. The number of phenols is 1. The van der Waals surface area contributed by atoms with Gasteiger partial charge in [0, 0.05) is 31.5 Å². The van der Waals surface area contributed by atoms with E-state index in [4.69, 9.17) is 4.74 Å². The van der Waals surface area contributed by atoms with Gasteiger partial charge in [0.25, 0.3) is 0 Å². The molecule has 3 rings (SSSR count). The van der Waals surface area contributed by atoms with E-state index in [2.05, 4.69) is 5.10 Å². The van der Waals surface area contributed by atoms with Gasteiger partial charge in [-0.05, 0) is 36.5 Å². The van der Waals surface area contributed by atoms with Crippen LogP contribution in [-0.4, -0.2) is 28.1 Å². The van der Waals surface area contributed by atoms with E-state index in [1.54, 1.807) is 12.3 Å². The van der Waals surface area contributed by atoms with Crippen LogP contribution in [0.25, 0.3) is 11.1 Å². The quantitative estimate of drug-likeness (QED) is 0.937. The maximum atomic E-state index is 13.0. The predicted molar refractivity (Wildman–Crippen MR) is 72.8 cm³/mol. The van der Waals surface area contributed by atoms with Gasteiger partial charge in [-0.1, -0.05) is 6.07 Å². The molecule has 1 saturated heterocycles. The van der Waals surface area contributed by atoms with Gasteiger partial charge in [-0.15, -0.1) is 0 Å². The van der Waals surface area contributed by atoms with Gasteiger partial charge in [0.05, 0.1) is 6.20 Å². The lowest BCUT2D eigenvalue weighted by atomic mass is 10.0. The molecule has 0 unspecified atom stereocenters. The van der Waals surface area contributed by atoms with Crippen LogP contribution >= 0.6 is 0 Å². The van der Waals surface area contributed by atoms with E-state index in [1.165, 1.54) is 12.1 Å². The molecule has 106 valence electrons. The average molecular weight is 276 g/mol. The molecule has 20 heavy (non-hydrogen) atoms.